The zero-order valence-corrected chi connectivity index (χ0v) is 16.2. The lowest BCUT2D eigenvalue weighted by Crippen LogP contribution is -2.40. The van der Waals surface area contributed by atoms with Crippen molar-refractivity contribution in [2.45, 2.75) is 77.7 Å². The van der Waals surface area contributed by atoms with E-state index in [0.717, 1.165) is 44.9 Å². The summed E-state index contributed by atoms with van der Waals surface area (Å²) in [6, 6.07) is 0. The molecule has 0 radical (unpaired) electrons. The van der Waals surface area contributed by atoms with E-state index in [4.69, 9.17) is 9.47 Å². The topological polar surface area (TPSA) is 72.8 Å². The summed E-state index contributed by atoms with van der Waals surface area (Å²) in [5, 5.41) is 9.44. The monoisotopic (exact) mass is 354 g/mol. The minimum atomic E-state index is -1.20. The van der Waals surface area contributed by atoms with Crippen molar-refractivity contribution < 1.29 is 24.2 Å². The Kier molecular flexibility index (Phi) is 6.66. The van der Waals surface area contributed by atoms with Gasteiger partial charge in [0, 0.05) is 19.4 Å². The van der Waals surface area contributed by atoms with Gasteiger partial charge in [-0.2, -0.15) is 0 Å². The highest BCUT2D eigenvalue weighted by atomic mass is 16.7. The molecule has 0 aromatic carbocycles. The molecule has 0 aromatic heterocycles. The number of rotatable bonds is 9. The number of hydrogen-bond acceptors (Lipinski definition) is 4. The number of methoxy groups -OCH3 is 1. The van der Waals surface area contributed by atoms with Gasteiger partial charge >= 0.3 is 5.97 Å². The molecule has 0 aromatic rings. The Balaban J connectivity index is 1.90. The van der Waals surface area contributed by atoms with Gasteiger partial charge in [0.2, 0.25) is 0 Å². The second-order valence-electron chi connectivity index (χ2n) is 8.52. The molecule has 2 saturated carbocycles. The van der Waals surface area contributed by atoms with E-state index < -0.39 is 11.6 Å². The molecule has 5 atom stereocenters. The quantitative estimate of drug-likeness (QED) is 0.633. The largest absolute Gasteiger partial charge is 0.479 e. The number of ether oxygens (including phenoxy) is 2. The molecule has 0 heterocycles. The molecule has 2 rings (SSSR count). The molecule has 0 saturated heterocycles. The molecule has 0 aliphatic heterocycles. The van der Waals surface area contributed by atoms with Crippen LogP contribution in [0.5, 0.6) is 0 Å². The number of ketones is 1. The molecule has 0 bridgehead atoms. The van der Waals surface area contributed by atoms with Crippen LogP contribution in [0.1, 0.15) is 72.1 Å². The van der Waals surface area contributed by atoms with Gasteiger partial charge in [0.25, 0.3) is 0 Å². The van der Waals surface area contributed by atoms with Crippen LogP contribution in [0.3, 0.4) is 0 Å². The van der Waals surface area contributed by atoms with Crippen LogP contribution in [-0.4, -0.2) is 36.4 Å². The number of Topliss-reactive ketones (excluding diaryl/α,β-unsaturated/α-hetero) is 1. The average Bonchev–Trinajstić information content (AvgIpc) is 2.91. The summed E-state index contributed by atoms with van der Waals surface area (Å²) in [5.74, 6) is 0.847. The van der Waals surface area contributed by atoms with Gasteiger partial charge in [0.05, 0.1) is 0 Å². The fourth-order valence-corrected chi connectivity index (χ4v) is 5.30. The highest BCUT2D eigenvalue weighted by molar-refractivity contribution is 5.83. The Morgan fingerprint density at radius 2 is 2.16 bits per heavy atom. The van der Waals surface area contributed by atoms with E-state index in [1.165, 1.54) is 7.11 Å². The molecular formula is C20H34O5. The third-order valence-corrected chi connectivity index (χ3v) is 6.88. The minimum absolute atomic E-state index is 0.0111. The van der Waals surface area contributed by atoms with Gasteiger partial charge < -0.3 is 14.6 Å². The first-order chi connectivity index (χ1) is 11.7. The summed E-state index contributed by atoms with van der Waals surface area (Å²) in [6.07, 6.45) is 7.36. The van der Waals surface area contributed by atoms with E-state index >= 15 is 0 Å². The fraction of sp³-hybridized carbons (Fsp3) is 0.900. The molecule has 5 heteroatoms. The summed E-state index contributed by atoms with van der Waals surface area (Å²) in [7, 11) is 1.49. The molecule has 25 heavy (non-hydrogen) atoms. The van der Waals surface area contributed by atoms with Crippen LogP contribution >= 0.6 is 0 Å². The number of carbonyl (C=O) groups excluding carboxylic acids is 1. The number of carboxylic acids is 1. The van der Waals surface area contributed by atoms with Crippen LogP contribution in [0, 0.1) is 23.2 Å². The van der Waals surface area contributed by atoms with Crippen molar-refractivity contribution in [3.63, 3.8) is 0 Å². The van der Waals surface area contributed by atoms with E-state index in [-0.39, 0.29) is 18.1 Å². The number of carboxylic acid groups (broad SMARTS) is 1. The van der Waals surface area contributed by atoms with Crippen LogP contribution in [0.25, 0.3) is 0 Å². The molecular weight excluding hydrogens is 320 g/mol. The van der Waals surface area contributed by atoms with Gasteiger partial charge in [-0.15, -0.1) is 0 Å². The van der Waals surface area contributed by atoms with E-state index in [9.17, 15) is 14.7 Å². The summed E-state index contributed by atoms with van der Waals surface area (Å²) < 4.78 is 10.3. The molecule has 0 spiro atoms. The molecule has 0 amide bonds. The van der Waals surface area contributed by atoms with Gasteiger partial charge in [-0.3, -0.25) is 4.79 Å². The molecule has 2 aliphatic carbocycles. The first-order valence-corrected chi connectivity index (χ1v) is 9.63. The van der Waals surface area contributed by atoms with Crippen molar-refractivity contribution in [1.82, 2.24) is 0 Å². The predicted molar refractivity (Wildman–Crippen MR) is 95.2 cm³/mol. The molecule has 5 nitrogen and oxygen atoms in total. The van der Waals surface area contributed by atoms with Crippen LogP contribution in [-0.2, 0) is 19.1 Å². The van der Waals surface area contributed by atoms with Crippen LogP contribution < -0.4 is 0 Å². The Morgan fingerprint density at radius 1 is 1.44 bits per heavy atom. The summed E-state index contributed by atoms with van der Waals surface area (Å²) >= 11 is 0. The second-order valence-corrected chi connectivity index (χ2v) is 8.52. The zero-order chi connectivity index (χ0) is 18.7. The van der Waals surface area contributed by atoms with Crippen molar-refractivity contribution in [3.8, 4) is 0 Å². The Morgan fingerprint density at radius 3 is 2.80 bits per heavy atom. The van der Waals surface area contributed by atoms with Crippen molar-refractivity contribution in [2.75, 3.05) is 13.9 Å². The van der Waals surface area contributed by atoms with Gasteiger partial charge in [-0.25, -0.2) is 4.79 Å². The zero-order valence-electron chi connectivity index (χ0n) is 16.2. The first kappa shape index (κ1) is 20.4. The van der Waals surface area contributed by atoms with Crippen molar-refractivity contribution >= 4 is 11.8 Å². The normalized spacial score (nSPS) is 32.9. The third-order valence-electron chi connectivity index (χ3n) is 6.88. The maximum Gasteiger partial charge on any atom is 0.335 e. The van der Waals surface area contributed by atoms with E-state index in [2.05, 4.69) is 13.8 Å². The van der Waals surface area contributed by atoms with Gasteiger partial charge in [-0.05, 0) is 62.7 Å². The van der Waals surface area contributed by atoms with Crippen LogP contribution in [0.2, 0.25) is 0 Å². The Hall–Kier alpha value is -0.940. The van der Waals surface area contributed by atoms with E-state index in [1.54, 1.807) is 6.92 Å². The molecule has 1 N–H and O–H groups in total. The highest BCUT2D eigenvalue weighted by Crippen LogP contribution is 2.57. The first-order valence-electron chi connectivity index (χ1n) is 9.63. The average molecular weight is 354 g/mol. The molecule has 2 fully saturated rings. The van der Waals surface area contributed by atoms with Crippen molar-refractivity contribution in [1.29, 1.82) is 0 Å². The second kappa shape index (κ2) is 8.17. The highest BCUT2D eigenvalue weighted by Gasteiger charge is 2.52. The standard InChI is InChI=1S/C20H34O5/c1-14(7-5-12-20(3,18(22)23)25-13-24-4)15-9-10-16-17(21)8-6-11-19(15,16)2/h14-16H,5-13H2,1-4H3,(H,22,23)/t14-,15-,16?,19-,20-/m1/s1. The number of fused-ring (bicyclic) bond motifs is 1. The van der Waals surface area contributed by atoms with Gasteiger partial charge in [-0.1, -0.05) is 20.3 Å². The molecule has 2 aliphatic rings. The number of carbonyl (C=O) groups is 2. The van der Waals surface area contributed by atoms with Crippen molar-refractivity contribution in [2.24, 2.45) is 23.2 Å². The summed E-state index contributed by atoms with van der Waals surface area (Å²) in [6.45, 7) is 6.19. The predicted octanol–water partition coefficient (Wildman–Crippen LogP) is 4.04. The SMILES string of the molecule is COCO[C@](C)(CCC[C@@H](C)[C@H]1CCC2C(=O)CCC[C@@]21C)C(=O)O. The molecule has 1 unspecified atom stereocenters. The summed E-state index contributed by atoms with van der Waals surface area (Å²) in [4.78, 5) is 23.8. The van der Waals surface area contributed by atoms with Crippen LogP contribution in [0.15, 0.2) is 0 Å². The number of hydrogen-bond donors (Lipinski definition) is 1. The maximum atomic E-state index is 12.3. The fourth-order valence-electron chi connectivity index (χ4n) is 5.30. The smallest absolute Gasteiger partial charge is 0.335 e. The summed E-state index contributed by atoms with van der Waals surface area (Å²) in [5.41, 5.74) is -1.05. The number of aliphatic carboxylic acids is 1. The van der Waals surface area contributed by atoms with Crippen molar-refractivity contribution in [3.05, 3.63) is 0 Å². The molecule has 144 valence electrons. The Labute approximate surface area is 151 Å². The minimum Gasteiger partial charge on any atom is -0.479 e. The maximum absolute atomic E-state index is 12.3. The van der Waals surface area contributed by atoms with Gasteiger partial charge in [0.1, 0.15) is 12.6 Å². The third kappa shape index (κ3) is 4.25. The van der Waals surface area contributed by atoms with Crippen LogP contribution in [0.4, 0.5) is 0 Å². The van der Waals surface area contributed by atoms with E-state index in [0.29, 0.717) is 24.0 Å². The lowest BCUT2D eigenvalue weighted by molar-refractivity contribution is -0.180. The Bertz CT molecular complexity index is 490. The lowest BCUT2D eigenvalue weighted by atomic mass is 9.62. The van der Waals surface area contributed by atoms with Gasteiger partial charge in [0.15, 0.2) is 5.60 Å². The van der Waals surface area contributed by atoms with E-state index in [1.807, 2.05) is 0 Å². The lowest BCUT2D eigenvalue weighted by Gasteiger charge is -2.42.